The van der Waals surface area contributed by atoms with E-state index in [-0.39, 0.29) is 30.5 Å². The van der Waals surface area contributed by atoms with Crippen molar-refractivity contribution in [2.24, 2.45) is 0 Å². The molecule has 0 spiro atoms. The highest BCUT2D eigenvalue weighted by atomic mass is 19.1. The Bertz CT molecular complexity index is 963. The fourth-order valence-corrected chi connectivity index (χ4v) is 2.53. The molecule has 0 saturated carbocycles. The summed E-state index contributed by atoms with van der Waals surface area (Å²) < 4.78 is 16.0. The van der Waals surface area contributed by atoms with E-state index in [2.05, 4.69) is 15.5 Å². The number of carbonyl (C=O) groups excluding carboxylic acids is 1. The molecule has 3 rings (SSSR count). The van der Waals surface area contributed by atoms with Gasteiger partial charge in [0.2, 0.25) is 5.91 Å². The van der Waals surface area contributed by atoms with E-state index in [1.807, 2.05) is 0 Å². The van der Waals surface area contributed by atoms with Gasteiger partial charge in [0.25, 0.3) is 0 Å². The lowest BCUT2D eigenvalue weighted by atomic mass is 10.2. The Hall–Kier alpha value is -3.56. The standard InChI is InChI=1S/C17H17FN6O3/c1-12-8-16(24(26)27)21-23(12)7-6-17(25)20-15-9-19-22(11-15)10-13-2-4-14(18)5-3-13/h2-5,8-9,11H,6-7,10H2,1H3,(H,20,25). The van der Waals surface area contributed by atoms with Gasteiger partial charge in [0.05, 0.1) is 41.8 Å². The van der Waals surface area contributed by atoms with Crippen LogP contribution in [0.25, 0.3) is 0 Å². The van der Waals surface area contributed by atoms with Crippen LogP contribution in [0.2, 0.25) is 0 Å². The van der Waals surface area contributed by atoms with E-state index in [1.165, 1.54) is 29.1 Å². The topological polar surface area (TPSA) is 108 Å². The van der Waals surface area contributed by atoms with Crippen molar-refractivity contribution in [1.29, 1.82) is 0 Å². The van der Waals surface area contributed by atoms with E-state index in [0.29, 0.717) is 17.9 Å². The molecule has 1 amide bonds. The zero-order chi connectivity index (χ0) is 19.4. The molecule has 0 unspecified atom stereocenters. The van der Waals surface area contributed by atoms with Gasteiger partial charge in [-0.25, -0.2) is 4.39 Å². The third kappa shape index (κ3) is 4.75. The van der Waals surface area contributed by atoms with Crippen molar-refractivity contribution in [3.8, 4) is 0 Å². The summed E-state index contributed by atoms with van der Waals surface area (Å²) in [5.41, 5.74) is 2.03. The minimum atomic E-state index is -0.570. The van der Waals surface area contributed by atoms with Crippen LogP contribution in [0.4, 0.5) is 15.9 Å². The average molecular weight is 372 g/mol. The minimum Gasteiger partial charge on any atom is -0.358 e. The fourth-order valence-electron chi connectivity index (χ4n) is 2.53. The molecule has 0 saturated heterocycles. The zero-order valence-electron chi connectivity index (χ0n) is 14.5. The molecule has 2 aromatic heterocycles. The van der Waals surface area contributed by atoms with E-state index in [1.54, 1.807) is 29.9 Å². The van der Waals surface area contributed by atoms with Crippen LogP contribution < -0.4 is 5.32 Å². The molecule has 0 radical (unpaired) electrons. The van der Waals surface area contributed by atoms with Gasteiger partial charge in [-0.2, -0.15) is 9.78 Å². The maximum Gasteiger partial charge on any atom is 0.390 e. The molecule has 0 fully saturated rings. The zero-order valence-corrected chi connectivity index (χ0v) is 14.5. The SMILES string of the molecule is Cc1cc([N+](=O)[O-])nn1CCC(=O)Nc1cnn(Cc2ccc(F)cc2)c1. The molecule has 3 aromatic rings. The maximum atomic E-state index is 12.9. The molecule has 1 aromatic carbocycles. The second kappa shape index (κ2) is 7.77. The van der Waals surface area contributed by atoms with Crippen LogP contribution >= 0.6 is 0 Å². The largest absolute Gasteiger partial charge is 0.390 e. The fraction of sp³-hybridized carbons (Fsp3) is 0.235. The summed E-state index contributed by atoms with van der Waals surface area (Å²) in [5.74, 6) is -0.797. The molecule has 0 aliphatic rings. The van der Waals surface area contributed by atoms with Gasteiger partial charge >= 0.3 is 5.82 Å². The highest BCUT2D eigenvalue weighted by molar-refractivity contribution is 5.90. The van der Waals surface area contributed by atoms with Crippen molar-refractivity contribution < 1.29 is 14.1 Å². The third-order valence-corrected chi connectivity index (χ3v) is 3.88. The molecule has 1 N–H and O–H groups in total. The summed E-state index contributed by atoms with van der Waals surface area (Å²) in [6, 6.07) is 7.45. The Kier molecular flexibility index (Phi) is 5.25. The summed E-state index contributed by atoms with van der Waals surface area (Å²) in [6.07, 6.45) is 3.31. The molecule has 0 aliphatic carbocycles. The van der Waals surface area contributed by atoms with E-state index < -0.39 is 4.92 Å². The van der Waals surface area contributed by atoms with Crippen LogP contribution in [0.5, 0.6) is 0 Å². The van der Waals surface area contributed by atoms with E-state index in [0.717, 1.165) is 5.56 Å². The minimum absolute atomic E-state index is 0.114. The lowest BCUT2D eigenvalue weighted by Crippen LogP contribution is -2.15. The molecule has 2 heterocycles. The van der Waals surface area contributed by atoms with Gasteiger partial charge in [0, 0.05) is 12.6 Å². The molecule has 140 valence electrons. The van der Waals surface area contributed by atoms with Crippen molar-refractivity contribution in [3.05, 3.63) is 69.9 Å². The Labute approximate surface area is 153 Å². The van der Waals surface area contributed by atoms with Gasteiger partial charge in [-0.1, -0.05) is 12.1 Å². The first-order chi connectivity index (χ1) is 12.9. The van der Waals surface area contributed by atoms with Crippen LogP contribution in [0.15, 0.2) is 42.7 Å². The van der Waals surface area contributed by atoms with Gasteiger partial charge in [-0.3, -0.25) is 9.48 Å². The number of anilines is 1. The van der Waals surface area contributed by atoms with E-state index in [4.69, 9.17) is 0 Å². The molecular weight excluding hydrogens is 355 g/mol. The Morgan fingerprint density at radius 3 is 2.74 bits per heavy atom. The number of halogens is 1. The predicted molar refractivity (Wildman–Crippen MR) is 94.6 cm³/mol. The number of carbonyl (C=O) groups is 1. The summed E-state index contributed by atoms with van der Waals surface area (Å²) in [4.78, 5) is 22.2. The highest BCUT2D eigenvalue weighted by Crippen LogP contribution is 2.12. The number of nitrogens with one attached hydrogen (secondary N) is 1. The Balaban J connectivity index is 1.53. The molecular formula is C17H17FN6O3. The van der Waals surface area contributed by atoms with Crippen LogP contribution in [-0.4, -0.2) is 30.4 Å². The van der Waals surface area contributed by atoms with Crippen LogP contribution in [-0.2, 0) is 17.9 Å². The average Bonchev–Trinajstić information content (AvgIpc) is 3.21. The van der Waals surface area contributed by atoms with Crippen LogP contribution in [0.1, 0.15) is 17.7 Å². The van der Waals surface area contributed by atoms with Crippen LogP contribution in [0, 0.1) is 22.9 Å². The number of amides is 1. The highest BCUT2D eigenvalue weighted by Gasteiger charge is 2.16. The molecule has 0 atom stereocenters. The first-order valence-corrected chi connectivity index (χ1v) is 8.16. The second-order valence-electron chi connectivity index (χ2n) is 5.98. The Morgan fingerprint density at radius 2 is 2.07 bits per heavy atom. The number of benzene rings is 1. The van der Waals surface area contributed by atoms with Crippen molar-refractivity contribution in [3.63, 3.8) is 0 Å². The van der Waals surface area contributed by atoms with Crippen LogP contribution in [0.3, 0.4) is 0 Å². The van der Waals surface area contributed by atoms with Crippen molar-refractivity contribution in [1.82, 2.24) is 19.6 Å². The Morgan fingerprint density at radius 1 is 1.33 bits per heavy atom. The molecule has 0 aliphatic heterocycles. The number of aromatic nitrogens is 4. The summed E-state index contributed by atoms with van der Waals surface area (Å²) in [7, 11) is 0. The monoisotopic (exact) mass is 372 g/mol. The maximum absolute atomic E-state index is 12.9. The predicted octanol–water partition coefficient (Wildman–Crippen LogP) is 2.51. The smallest absolute Gasteiger partial charge is 0.358 e. The van der Waals surface area contributed by atoms with Crippen molar-refractivity contribution in [2.45, 2.75) is 26.4 Å². The molecule has 0 bridgehead atoms. The quantitative estimate of drug-likeness (QED) is 0.506. The van der Waals surface area contributed by atoms with Crippen molar-refractivity contribution in [2.75, 3.05) is 5.32 Å². The first kappa shape index (κ1) is 18.2. The van der Waals surface area contributed by atoms with Gasteiger partial charge in [0.15, 0.2) is 0 Å². The number of hydrogen-bond donors (Lipinski definition) is 1. The van der Waals surface area contributed by atoms with Gasteiger partial charge in [0.1, 0.15) is 5.82 Å². The normalized spacial score (nSPS) is 10.7. The lowest BCUT2D eigenvalue weighted by molar-refractivity contribution is -0.389. The van der Waals surface area contributed by atoms with Crippen molar-refractivity contribution >= 4 is 17.4 Å². The molecule has 9 nitrogen and oxygen atoms in total. The number of rotatable bonds is 7. The summed E-state index contributed by atoms with van der Waals surface area (Å²) in [6.45, 7) is 2.37. The van der Waals surface area contributed by atoms with Gasteiger partial charge in [-0.05, 0) is 29.5 Å². The number of nitrogens with zero attached hydrogens (tertiary/aromatic N) is 5. The van der Waals surface area contributed by atoms with Gasteiger partial charge in [-0.15, -0.1) is 0 Å². The van der Waals surface area contributed by atoms with E-state index >= 15 is 0 Å². The lowest BCUT2D eigenvalue weighted by Gasteiger charge is -2.03. The van der Waals surface area contributed by atoms with E-state index in [9.17, 15) is 19.3 Å². The molecule has 27 heavy (non-hydrogen) atoms. The molecule has 10 heteroatoms. The summed E-state index contributed by atoms with van der Waals surface area (Å²) >= 11 is 0. The summed E-state index contributed by atoms with van der Waals surface area (Å²) in [5, 5.41) is 21.4. The number of nitro groups is 1. The second-order valence-corrected chi connectivity index (χ2v) is 5.98. The number of aryl methyl sites for hydroxylation is 2. The first-order valence-electron chi connectivity index (χ1n) is 8.16. The number of hydrogen-bond acceptors (Lipinski definition) is 5. The third-order valence-electron chi connectivity index (χ3n) is 3.88. The van der Waals surface area contributed by atoms with Gasteiger partial charge < -0.3 is 15.4 Å².